The lowest BCUT2D eigenvalue weighted by molar-refractivity contribution is -0.133. The summed E-state index contributed by atoms with van der Waals surface area (Å²) >= 11 is 2.99. The number of thiazole rings is 1. The van der Waals surface area contributed by atoms with Gasteiger partial charge in [0.15, 0.2) is 0 Å². The number of piperidine rings is 1. The highest BCUT2D eigenvalue weighted by Crippen LogP contribution is 2.19. The second kappa shape index (κ2) is 6.91. The summed E-state index contributed by atoms with van der Waals surface area (Å²) in [5.41, 5.74) is 0.458. The van der Waals surface area contributed by atoms with Crippen LogP contribution in [-0.2, 0) is 4.79 Å². The number of hydrogen-bond donors (Lipinski definition) is 1. The van der Waals surface area contributed by atoms with Gasteiger partial charge in [-0.2, -0.15) is 0 Å². The SMILES string of the molecule is CSc1nc(C(=O)NCCN2CCCCC2=O)cs1. The first-order valence-electron chi connectivity index (χ1n) is 6.26. The number of nitrogens with zero attached hydrogens (tertiary/aromatic N) is 2. The third-order valence-corrected chi connectivity index (χ3v) is 4.84. The maximum atomic E-state index is 11.8. The second-order valence-electron chi connectivity index (χ2n) is 4.30. The summed E-state index contributed by atoms with van der Waals surface area (Å²) in [6, 6.07) is 0. The summed E-state index contributed by atoms with van der Waals surface area (Å²) in [6.45, 7) is 1.88. The highest BCUT2D eigenvalue weighted by atomic mass is 32.2. The van der Waals surface area contributed by atoms with Crippen LogP contribution in [0.1, 0.15) is 29.8 Å². The lowest BCUT2D eigenvalue weighted by Crippen LogP contribution is -2.41. The standard InChI is InChI=1S/C12H17N3O2S2/c1-18-12-14-9(8-19-12)11(17)13-5-7-15-6-3-2-4-10(15)16/h8H,2-7H2,1H3,(H,13,17). The molecule has 1 aliphatic rings. The molecule has 19 heavy (non-hydrogen) atoms. The average molecular weight is 299 g/mol. The Morgan fingerprint density at radius 2 is 2.42 bits per heavy atom. The monoisotopic (exact) mass is 299 g/mol. The quantitative estimate of drug-likeness (QED) is 0.839. The van der Waals surface area contributed by atoms with E-state index < -0.39 is 0 Å². The van der Waals surface area contributed by atoms with Crippen LogP contribution in [0.3, 0.4) is 0 Å². The van der Waals surface area contributed by atoms with Crippen LogP contribution >= 0.6 is 23.1 Å². The zero-order valence-corrected chi connectivity index (χ0v) is 12.5. The molecule has 0 saturated carbocycles. The fraction of sp³-hybridized carbons (Fsp3) is 0.583. The molecular formula is C12H17N3O2S2. The summed E-state index contributed by atoms with van der Waals surface area (Å²) in [6.07, 6.45) is 4.61. The topological polar surface area (TPSA) is 62.3 Å². The minimum Gasteiger partial charge on any atom is -0.349 e. The number of amides is 2. The number of carbonyl (C=O) groups is 2. The molecule has 2 rings (SSSR count). The largest absolute Gasteiger partial charge is 0.349 e. The van der Waals surface area contributed by atoms with Crippen molar-refractivity contribution in [2.24, 2.45) is 0 Å². The van der Waals surface area contributed by atoms with Gasteiger partial charge >= 0.3 is 0 Å². The van der Waals surface area contributed by atoms with Crippen LogP contribution in [0.25, 0.3) is 0 Å². The van der Waals surface area contributed by atoms with Crippen molar-refractivity contribution in [1.82, 2.24) is 15.2 Å². The summed E-state index contributed by atoms with van der Waals surface area (Å²) in [5.74, 6) is 0.0276. The summed E-state index contributed by atoms with van der Waals surface area (Å²) < 4.78 is 0.886. The number of hydrogen-bond acceptors (Lipinski definition) is 5. The number of nitrogens with one attached hydrogen (secondary N) is 1. The maximum absolute atomic E-state index is 11.8. The predicted molar refractivity (Wildman–Crippen MR) is 76.7 cm³/mol. The molecule has 0 radical (unpaired) electrons. The van der Waals surface area contributed by atoms with Gasteiger partial charge in [0.05, 0.1) is 0 Å². The van der Waals surface area contributed by atoms with Crippen molar-refractivity contribution in [2.75, 3.05) is 25.9 Å². The van der Waals surface area contributed by atoms with Crippen molar-refractivity contribution in [3.05, 3.63) is 11.1 Å². The molecule has 2 amide bonds. The van der Waals surface area contributed by atoms with Gasteiger partial charge in [-0.1, -0.05) is 11.8 Å². The van der Waals surface area contributed by atoms with E-state index in [1.165, 1.54) is 23.1 Å². The Balaban J connectivity index is 1.75. The molecule has 0 unspecified atom stereocenters. The number of thioether (sulfide) groups is 1. The fourth-order valence-electron chi connectivity index (χ4n) is 1.95. The molecule has 104 valence electrons. The Hall–Kier alpha value is -1.08. The van der Waals surface area contributed by atoms with Crippen LogP contribution in [-0.4, -0.2) is 47.6 Å². The molecule has 1 N–H and O–H groups in total. The van der Waals surface area contributed by atoms with E-state index >= 15 is 0 Å². The Morgan fingerprint density at radius 3 is 3.11 bits per heavy atom. The Kier molecular flexibility index (Phi) is 5.21. The molecule has 7 heteroatoms. The summed E-state index contributed by atoms with van der Waals surface area (Å²) in [5, 5.41) is 4.56. The molecule has 0 spiro atoms. The zero-order valence-electron chi connectivity index (χ0n) is 10.8. The Morgan fingerprint density at radius 1 is 1.58 bits per heavy atom. The van der Waals surface area contributed by atoms with Crippen LogP contribution < -0.4 is 5.32 Å². The molecular weight excluding hydrogens is 282 g/mol. The molecule has 5 nitrogen and oxygen atoms in total. The summed E-state index contributed by atoms with van der Waals surface area (Å²) in [7, 11) is 0. The van der Waals surface area contributed by atoms with Gasteiger partial charge in [0.1, 0.15) is 10.0 Å². The van der Waals surface area contributed by atoms with Gasteiger partial charge in [0, 0.05) is 31.4 Å². The number of likely N-dealkylation sites (tertiary alicyclic amines) is 1. The second-order valence-corrected chi connectivity index (χ2v) is 6.21. The first-order valence-corrected chi connectivity index (χ1v) is 8.36. The molecule has 1 aromatic heterocycles. The normalized spacial score (nSPS) is 15.6. The molecule has 1 aliphatic heterocycles. The van der Waals surface area contributed by atoms with E-state index in [2.05, 4.69) is 10.3 Å². The predicted octanol–water partition coefficient (Wildman–Crippen LogP) is 1.61. The Bertz CT molecular complexity index is 462. The van der Waals surface area contributed by atoms with E-state index in [0.717, 1.165) is 23.7 Å². The first-order chi connectivity index (χ1) is 9.20. The van der Waals surface area contributed by atoms with Crippen molar-refractivity contribution in [2.45, 2.75) is 23.6 Å². The van der Waals surface area contributed by atoms with Gasteiger partial charge in [-0.15, -0.1) is 11.3 Å². The molecule has 0 bridgehead atoms. The third-order valence-electron chi connectivity index (χ3n) is 2.98. The van der Waals surface area contributed by atoms with Crippen LogP contribution in [0.4, 0.5) is 0 Å². The lowest BCUT2D eigenvalue weighted by atomic mass is 10.1. The maximum Gasteiger partial charge on any atom is 0.270 e. The number of carbonyl (C=O) groups excluding carboxylic acids is 2. The van der Waals surface area contributed by atoms with E-state index in [1.807, 2.05) is 11.2 Å². The Labute approximate surface area is 120 Å². The molecule has 2 heterocycles. The van der Waals surface area contributed by atoms with Crippen molar-refractivity contribution in [3.8, 4) is 0 Å². The zero-order chi connectivity index (χ0) is 13.7. The van der Waals surface area contributed by atoms with Crippen LogP contribution in [0.2, 0.25) is 0 Å². The van der Waals surface area contributed by atoms with Gasteiger partial charge in [-0.25, -0.2) is 4.98 Å². The molecule has 1 fully saturated rings. The van der Waals surface area contributed by atoms with E-state index in [-0.39, 0.29) is 11.8 Å². The van der Waals surface area contributed by atoms with Gasteiger partial charge in [-0.05, 0) is 19.1 Å². The van der Waals surface area contributed by atoms with Crippen LogP contribution in [0.15, 0.2) is 9.72 Å². The molecule has 0 aromatic carbocycles. The van der Waals surface area contributed by atoms with Crippen LogP contribution in [0, 0.1) is 0 Å². The van der Waals surface area contributed by atoms with Gasteiger partial charge in [-0.3, -0.25) is 9.59 Å². The fourth-order valence-corrected chi connectivity index (χ4v) is 3.19. The van der Waals surface area contributed by atoms with Gasteiger partial charge in [0.25, 0.3) is 5.91 Å². The van der Waals surface area contributed by atoms with Crippen molar-refractivity contribution in [1.29, 1.82) is 0 Å². The van der Waals surface area contributed by atoms with E-state index in [0.29, 0.717) is 25.2 Å². The molecule has 0 atom stereocenters. The van der Waals surface area contributed by atoms with Crippen molar-refractivity contribution in [3.63, 3.8) is 0 Å². The molecule has 1 aromatic rings. The van der Waals surface area contributed by atoms with Crippen molar-refractivity contribution < 1.29 is 9.59 Å². The van der Waals surface area contributed by atoms with Gasteiger partial charge in [0.2, 0.25) is 5.91 Å². The number of aromatic nitrogens is 1. The molecule has 1 saturated heterocycles. The third kappa shape index (κ3) is 3.94. The average Bonchev–Trinajstić information content (AvgIpc) is 2.90. The highest BCUT2D eigenvalue weighted by molar-refractivity contribution is 8.00. The summed E-state index contributed by atoms with van der Waals surface area (Å²) in [4.78, 5) is 29.4. The van der Waals surface area contributed by atoms with E-state index in [1.54, 1.807) is 5.38 Å². The minimum atomic E-state index is -0.166. The van der Waals surface area contributed by atoms with E-state index in [9.17, 15) is 9.59 Å². The minimum absolute atomic E-state index is 0.166. The first kappa shape index (κ1) is 14.3. The smallest absolute Gasteiger partial charge is 0.270 e. The highest BCUT2D eigenvalue weighted by Gasteiger charge is 2.17. The molecule has 0 aliphatic carbocycles. The van der Waals surface area contributed by atoms with Gasteiger partial charge < -0.3 is 10.2 Å². The van der Waals surface area contributed by atoms with E-state index in [4.69, 9.17) is 0 Å². The number of rotatable bonds is 5. The van der Waals surface area contributed by atoms with Crippen LogP contribution in [0.5, 0.6) is 0 Å². The lowest BCUT2D eigenvalue weighted by Gasteiger charge is -2.26. The van der Waals surface area contributed by atoms with Crippen molar-refractivity contribution >= 4 is 34.9 Å².